The molecule has 1 saturated heterocycles. The number of nitrogens with zero attached hydrogens (tertiary/aromatic N) is 1. The first-order valence-corrected chi connectivity index (χ1v) is 8.49. The third-order valence-corrected chi connectivity index (χ3v) is 4.35. The standard InChI is InChI=1S/C18H26N2O5.ClH/c1-4-25-15-6-5-13(9-16(15)24-3)12(2)19-17(21)11-20-8-7-14(10-20)18(22)23;/h5-6,9,12,14H,4,7-8,10-11H2,1-3H3,(H,19,21)(H,22,23);1H. The zero-order valence-corrected chi connectivity index (χ0v) is 16.2. The van der Waals surface area contributed by atoms with Crippen molar-refractivity contribution in [3.63, 3.8) is 0 Å². The van der Waals surface area contributed by atoms with Gasteiger partial charge in [0, 0.05) is 6.54 Å². The first-order chi connectivity index (χ1) is 11.9. The molecule has 0 saturated carbocycles. The molecule has 26 heavy (non-hydrogen) atoms. The molecule has 1 fully saturated rings. The third kappa shape index (κ3) is 5.78. The van der Waals surface area contributed by atoms with Gasteiger partial charge in [0.1, 0.15) is 0 Å². The molecule has 0 radical (unpaired) electrons. The van der Waals surface area contributed by atoms with Gasteiger partial charge in [0.25, 0.3) is 0 Å². The molecule has 0 bridgehead atoms. The van der Waals surface area contributed by atoms with Crippen molar-refractivity contribution >= 4 is 24.3 Å². The van der Waals surface area contributed by atoms with Crippen LogP contribution >= 0.6 is 12.4 Å². The van der Waals surface area contributed by atoms with Gasteiger partial charge >= 0.3 is 5.97 Å². The molecule has 1 aliphatic heterocycles. The zero-order chi connectivity index (χ0) is 18.4. The van der Waals surface area contributed by atoms with E-state index in [0.29, 0.717) is 37.6 Å². The Hall–Kier alpha value is -1.99. The van der Waals surface area contributed by atoms with Crippen molar-refractivity contribution in [3.8, 4) is 11.5 Å². The topological polar surface area (TPSA) is 88.1 Å². The number of carboxylic acid groups (broad SMARTS) is 1. The molecule has 1 amide bonds. The smallest absolute Gasteiger partial charge is 0.307 e. The number of rotatable bonds is 8. The summed E-state index contributed by atoms with van der Waals surface area (Å²) in [5.41, 5.74) is 0.915. The highest BCUT2D eigenvalue weighted by Gasteiger charge is 2.29. The van der Waals surface area contributed by atoms with E-state index in [1.807, 2.05) is 36.9 Å². The van der Waals surface area contributed by atoms with Crippen LogP contribution in [0.1, 0.15) is 31.9 Å². The second-order valence-corrected chi connectivity index (χ2v) is 6.19. The molecule has 146 valence electrons. The fraction of sp³-hybridized carbons (Fsp3) is 0.556. The zero-order valence-electron chi connectivity index (χ0n) is 15.4. The Bertz CT molecular complexity index is 626. The molecule has 2 unspecified atom stereocenters. The van der Waals surface area contributed by atoms with Gasteiger partial charge in [-0.1, -0.05) is 6.07 Å². The number of carbonyl (C=O) groups excluding carboxylic acids is 1. The summed E-state index contributed by atoms with van der Waals surface area (Å²) >= 11 is 0. The Morgan fingerprint density at radius 2 is 2.12 bits per heavy atom. The van der Waals surface area contributed by atoms with Gasteiger partial charge in [-0.2, -0.15) is 0 Å². The number of carboxylic acids is 1. The van der Waals surface area contributed by atoms with Crippen molar-refractivity contribution in [1.82, 2.24) is 10.2 Å². The number of benzene rings is 1. The van der Waals surface area contributed by atoms with Gasteiger partial charge in [-0.3, -0.25) is 14.5 Å². The highest BCUT2D eigenvalue weighted by Crippen LogP contribution is 2.30. The Kier molecular flexibility index (Phi) is 8.68. The summed E-state index contributed by atoms with van der Waals surface area (Å²) in [6.07, 6.45) is 0.592. The molecular weight excluding hydrogens is 360 g/mol. The fourth-order valence-corrected chi connectivity index (χ4v) is 2.98. The van der Waals surface area contributed by atoms with Crippen molar-refractivity contribution in [1.29, 1.82) is 0 Å². The molecule has 1 heterocycles. The predicted molar refractivity (Wildman–Crippen MR) is 100 cm³/mol. The Morgan fingerprint density at radius 1 is 1.38 bits per heavy atom. The number of ether oxygens (including phenoxy) is 2. The van der Waals surface area contributed by atoms with Crippen LogP contribution in [0.3, 0.4) is 0 Å². The summed E-state index contributed by atoms with van der Waals surface area (Å²) in [7, 11) is 1.58. The van der Waals surface area contributed by atoms with Gasteiger partial charge < -0.3 is 19.9 Å². The Morgan fingerprint density at radius 3 is 2.69 bits per heavy atom. The summed E-state index contributed by atoms with van der Waals surface area (Å²) in [5.74, 6) is 0.0121. The summed E-state index contributed by atoms with van der Waals surface area (Å²) in [6.45, 7) is 5.63. The lowest BCUT2D eigenvalue weighted by Crippen LogP contribution is -2.37. The summed E-state index contributed by atoms with van der Waals surface area (Å²) < 4.78 is 10.8. The van der Waals surface area contributed by atoms with Crippen molar-refractivity contribution < 1.29 is 24.2 Å². The van der Waals surface area contributed by atoms with E-state index < -0.39 is 5.97 Å². The molecule has 1 aromatic rings. The Balaban J connectivity index is 0.00000338. The minimum Gasteiger partial charge on any atom is -0.493 e. The average molecular weight is 387 g/mol. The second kappa shape index (κ2) is 10.2. The molecule has 0 aromatic heterocycles. The molecule has 8 heteroatoms. The molecule has 7 nitrogen and oxygen atoms in total. The lowest BCUT2D eigenvalue weighted by atomic mass is 10.1. The quantitative estimate of drug-likeness (QED) is 0.711. The number of likely N-dealkylation sites (tertiary alicyclic amines) is 1. The van der Waals surface area contributed by atoms with E-state index in [2.05, 4.69) is 5.32 Å². The van der Waals surface area contributed by atoms with Crippen LogP contribution in [0, 0.1) is 5.92 Å². The minimum absolute atomic E-state index is 0. The number of halogens is 1. The number of methoxy groups -OCH3 is 1. The largest absolute Gasteiger partial charge is 0.493 e. The first-order valence-electron chi connectivity index (χ1n) is 8.49. The van der Waals surface area contributed by atoms with Gasteiger partial charge in [-0.05, 0) is 44.5 Å². The first kappa shape index (κ1) is 22.1. The minimum atomic E-state index is -0.794. The third-order valence-electron chi connectivity index (χ3n) is 4.35. The van der Waals surface area contributed by atoms with E-state index in [9.17, 15) is 9.59 Å². The van der Waals surface area contributed by atoms with Gasteiger partial charge in [-0.25, -0.2) is 0 Å². The second-order valence-electron chi connectivity index (χ2n) is 6.19. The monoisotopic (exact) mass is 386 g/mol. The molecule has 0 spiro atoms. The molecule has 2 rings (SSSR count). The van der Waals surface area contributed by atoms with Crippen LogP contribution in [-0.2, 0) is 9.59 Å². The maximum atomic E-state index is 12.2. The molecule has 1 aliphatic rings. The van der Waals surface area contributed by atoms with Crippen molar-refractivity contribution in [2.75, 3.05) is 33.4 Å². The number of amides is 1. The maximum Gasteiger partial charge on any atom is 0.307 e. The number of carbonyl (C=O) groups is 2. The van der Waals surface area contributed by atoms with Gasteiger partial charge in [0.2, 0.25) is 5.91 Å². The van der Waals surface area contributed by atoms with Crippen LogP contribution in [0.2, 0.25) is 0 Å². The summed E-state index contributed by atoms with van der Waals surface area (Å²) in [6, 6.07) is 5.40. The SMILES string of the molecule is CCOc1ccc(C(C)NC(=O)CN2CCC(C(=O)O)C2)cc1OC.Cl. The van der Waals surface area contributed by atoms with Gasteiger partial charge in [0.15, 0.2) is 11.5 Å². The van der Waals surface area contributed by atoms with Crippen LogP contribution in [0.15, 0.2) is 18.2 Å². The fourth-order valence-electron chi connectivity index (χ4n) is 2.98. The summed E-state index contributed by atoms with van der Waals surface area (Å²) in [4.78, 5) is 25.1. The number of hydrogen-bond acceptors (Lipinski definition) is 5. The molecule has 0 aliphatic carbocycles. The lowest BCUT2D eigenvalue weighted by molar-refractivity contribution is -0.141. The van der Waals surface area contributed by atoms with Crippen molar-refractivity contribution in [2.45, 2.75) is 26.3 Å². The van der Waals surface area contributed by atoms with Crippen LogP contribution in [-0.4, -0.2) is 55.2 Å². The molecule has 2 atom stereocenters. The van der Waals surface area contributed by atoms with Crippen LogP contribution in [0.25, 0.3) is 0 Å². The number of aliphatic carboxylic acids is 1. The average Bonchev–Trinajstić information content (AvgIpc) is 3.04. The van der Waals surface area contributed by atoms with E-state index in [-0.39, 0.29) is 36.8 Å². The van der Waals surface area contributed by atoms with Crippen molar-refractivity contribution in [2.24, 2.45) is 5.92 Å². The predicted octanol–water partition coefficient (Wildman–Crippen LogP) is 2.10. The van der Waals surface area contributed by atoms with E-state index in [1.165, 1.54) is 0 Å². The van der Waals surface area contributed by atoms with E-state index in [0.717, 1.165) is 5.56 Å². The molecule has 2 N–H and O–H groups in total. The lowest BCUT2D eigenvalue weighted by Gasteiger charge is -2.19. The molecular formula is C18H27ClN2O5. The van der Waals surface area contributed by atoms with Crippen molar-refractivity contribution in [3.05, 3.63) is 23.8 Å². The highest BCUT2D eigenvalue weighted by atomic mass is 35.5. The van der Waals surface area contributed by atoms with E-state index >= 15 is 0 Å². The van der Waals surface area contributed by atoms with Crippen LogP contribution < -0.4 is 14.8 Å². The Labute approximate surface area is 160 Å². The molecule has 1 aromatic carbocycles. The van der Waals surface area contributed by atoms with Gasteiger partial charge in [0.05, 0.1) is 32.2 Å². The normalized spacial score (nSPS) is 17.9. The van der Waals surface area contributed by atoms with Crippen LogP contribution in [0.5, 0.6) is 11.5 Å². The van der Waals surface area contributed by atoms with Crippen LogP contribution in [0.4, 0.5) is 0 Å². The van der Waals surface area contributed by atoms with E-state index in [4.69, 9.17) is 14.6 Å². The number of hydrogen-bond donors (Lipinski definition) is 2. The van der Waals surface area contributed by atoms with E-state index in [1.54, 1.807) is 7.11 Å². The maximum absolute atomic E-state index is 12.2. The summed E-state index contributed by atoms with van der Waals surface area (Å²) in [5, 5.41) is 12.0. The van der Waals surface area contributed by atoms with Gasteiger partial charge in [-0.15, -0.1) is 12.4 Å². The number of nitrogens with one attached hydrogen (secondary N) is 1. The highest BCUT2D eigenvalue weighted by molar-refractivity contribution is 5.85.